The average molecular weight is 346 g/mol. The monoisotopic (exact) mass is 345 g/mol. The molecule has 0 spiro atoms. The lowest BCUT2D eigenvalue weighted by Gasteiger charge is -2.10. The van der Waals surface area contributed by atoms with Crippen LogP contribution in [0, 0.1) is 5.82 Å². The molecule has 100 valence electrons. The number of nitrogens with one attached hydrogen (secondary N) is 1. The highest BCUT2D eigenvalue weighted by Gasteiger charge is 2.22. The fourth-order valence-corrected chi connectivity index (χ4v) is 2.92. The number of hydrogen-bond donors (Lipinski definition) is 2. The summed E-state index contributed by atoms with van der Waals surface area (Å²) in [5, 5.41) is 0. The Bertz CT molecular complexity index is 684. The van der Waals surface area contributed by atoms with Crippen molar-refractivity contribution in [3.8, 4) is 0 Å². The number of sulfonamides is 1. The van der Waals surface area contributed by atoms with Crippen LogP contribution in [-0.2, 0) is 10.0 Å². The summed E-state index contributed by atoms with van der Waals surface area (Å²) < 4.78 is 40.5. The van der Waals surface area contributed by atoms with Gasteiger partial charge in [-0.05, 0) is 40.2 Å². The third kappa shape index (κ3) is 3.02. The van der Waals surface area contributed by atoms with Crippen molar-refractivity contribution in [1.29, 1.82) is 0 Å². The molecule has 0 radical (unpaired) electrons. The maximum absolute atomic E-state index is 13.6. The fraction of sp³-hybridized carbons (Fsp3) is 0. The van der Waals surface area contributed by atoms with E-state index in [2.05, 4.69) is 25.6 Å². The Morgan fingerprint density at radius 2 is 2.00 bits per heavy atom. The van der Waals surface area contributed by atoms with Crippen LogP contribution in [0.3, 0.4) is 0 Å². The number of rotatable bonds is 3. The number of hydrogen-bond acceptors (Lipinski definition) is 4. The van der Waals surface area contributed by atoms with Crippen molar-refractivity contribution in [1.82, 2.24) is 4.98 Å². The topological polar surface area (TPSA) is 85.1 Å². The molecule has 0 bridgehead atoms. The fourth-order valence-electron chi connectivity index (χ4n) is 1.45. The molecule has 2 aromatic rings. The molecule has 0 saturated heterocycles. The molecule has 0 aliphatic heterocycles. The molecule has 8 heteroatoms. The van der Waals surface area contributed by atoms with E-state index in [-0.39, 0.29) is 11.4 Å². The molecule has 5 nitrogen and oxygen atoms in total. The van der Waals surface area contributed by atoms with Gasteiger partial charge in [-0.25, -0.2) is 17.8 Å². The summed E-state index contributed by atoms with van der Waals surface area (Å²) in [4.78, 5) is 3.30. The second kappa shape index (κ2) is 5.14. The summed E-state index contributed by atoms with van der Waals surface area (Å²) >= 11 is 3.12. The third-order valence-corrected chi connectivity index (χ3v) is 4.19. The van der Waals surface area contributed by atoms with Gasteiger partial charge < -0.3 is 5.73 Å². The van der Waals surface area contributed by atoms with Crippen LogP contribution in [0.4, 0.5) is 15.8 Å². The predicted molar refractivity (Wildman–Crippen MR) is 73.6 cm³/mol. The Morgan fingerprint density at radius 1 is 1.26 bits per heavy atom. The number of pyridine rings is 1. The first-order valence-electron chi connectivity index (χ1n) is 5.08. The largest absolute Gasteiger partial charge is 0.398 e. The molecule has 0 aliphatic carbocycles. The van der Waals surface area contributed by atoms with Gasteiger partial charge >= 0.3 is 0 Å². The highest BCUT2D eigenvalue weighted by molar-refractivity contribution is 9.10. The Morgan fingerprint density at radius 3 is 2.58 bits per heavy atom. The molecule has 0 aliphatic rings. The first kappa shape index (κ1) is 13.8. The van der Waals surface area contributed by atoms with E-state index in [4.69, 9.17) is 5.73 Å². The molecule has 0 unspecified atom stereocenters. The van der Waals surface area contributed by atoms with Gasteiger partial charge in [0, 0.05) is 0 Å². The second-order valence-corrected chi connectivity index (χ2v) is 6.07. The van der Waals surface area contributed by atoms with E-state index in [9.17, 15) is 12.8 Å². The maximum atomic E-state index is 13.6. The van der Waals surface area contributed by atoms with Gasteiger partial charge in [0.1, 0.15) is 15.3 Å². The Hall–Kier alpha value is -1.67. The van der Waals surface area contributed by atoms with E-state index in [1.165, 1.54) is 24.4 Å². The first-order chi connectivity index (χ1) is 8.90. The SMILES string of the molecule is Nc1cccc(F)c1S(=O)(=O)Nc1ccc(Br)nc1. The zero-order chi connectivity index (χ0) is 14.0. The van der Waals surface area contributed by atoms with Crippen LogP contribution in [-0.4, -0.2) is 13.4 Å². The van der Waals surface area contributed by atoms with Crippen LogP contribution in [0.1, 0.15) is 0 Å². The number of nitrogens with zero attached hydrogens (tertiary/aromatic N) is 1. The molecule has 0 fully saturated rings. The Kier molecular flexibility index (Phi) is 3.72. The predicted octanol–water partition coefficient (Wildman–Crippen LogP) is 2.37. The lowest BCUT2D eigenvalue weighted by atomic mass is 10.3. The van der Waals surface area contributed by atoms with Crippen molar-refractivity contribution in [3.63, 3.8) is 0 Å². The minimum Gasteiger partial charge on any atom is -0.398 e. The van der Waals surface area contributed by atoms with Crippen molar-refractivity contribution in [2.45, 2.75) is 4.90 Å². The van der Waals surface area contributed by atoms with Crippen molar-refractivity contribution >= 4 is 37.3 Å². The van der Waals surface area contributed by atoms with Gasteiger partial charge in [0.05, 0.1) is 17.6 Å². The smallest absolute Gasteiger partial charge is 0.266 e. The molecule has 1 aromatic heterocycles. The van der Waals surface area contributed by atoms with Crippen molar-refractivity contribution in [2.75, 3.05) is 10.5 Å². The van der Waals surface area contributed by atoms with Crippen LogP contribution in [0.25, 0.3) is 0 Å². The van der Waals surface area contributed by atoms with Gasteiger partial charge in [0.15, 0.2) is 0 Å². The molecular weight excluding hydrogens is 337 g/mol. The summed E-state index contributed by atoms with van der Waals surface area (Å²) in [6.45, 7) is 0. The Balaban J connectivity index is 2.41. The molecule has 1 heterocycles. The third-order valence-electron chi connectivity index (χ3n) is 2.25. The van der Waals surface area contributed by atoms with Crippen molar-refractivity contribution < 1.29 is 12.8 Å². The highest BCUT2D eigenvalue weighted by atomic mass is 79.9. The lowest BCUT2D eigenvalue weighted by Crippen LogP contribution is -2.16. The van der Waals surface area contributed by atoms with Crippen LogP contribution >= 0.6 is 15.9 Å². The molecule has 1 aromatic carbocycles. The van der Waals surface area contributed by atoms with Crippen LogP contribution in [0.15, 0.2) is 46.0 Å². The molecule has 3 N–H and O–H groups in total. The van der Waals surface area contributed by atoms with E-state index in [0.29, 0.717) is 4.60 Å². The van der Waals surface area contributed by atoms with E-state index in [1.807, 2.05) is 0 Å². The maximum Gasteiger partial charge on any atom is 0.266 e. The summed E-state index contributed by atoms with van der Waals surface area (Å²) in [5.41, 5.74) is 5.56. The standard InChI is InChI=1S/C11H9BrFN3O2S/c12-10-5-4-7(6-15-10)16-19(17,18)11-8(13)2-1-3-9(11)14/h1-6,16H,14H2. The van der Waals surface area contributed by atoms with Crippen LogP contribution in [0.2, 0.25) is 0 Å². The summed E-state index contributed by atoms with van der Waals surface area (Å²) in [7, 11) is -4.09. The highest BCUT2D eigenvalue weighted by Crippen LogP contribution is 2.24. The van der Waals surface area contributed by atoms with E-state index < -0.39 is 20.7 Å². The number of nitrogen functional groups attached to an aromatic ring is 1. The zero-order valence-electron chi connectivity index (χ0n) is 9.47. The van der Waals surface area contributed by atoms with E-state index >= 15 is 0 Å². The number of halogens is 2. The molecule has 0 atom stereocenters. The number of benzene rings is 1. The average Bonchev–Trinajstić information content (AvgIpc) is 2.31. The van der Waals surface area contributed by atoms with Crippen LogP contribution < -0.4 is 10.5 Å². The minimum atomic E-state index is -4.09. The Labute approximate surface area is 117 Å². The molecular formula is C11H9BrFN3O2S. The zero-order valence-corrected chi connectivity index (χ0v) is 11.9. The van der Waals surface area contributed by atoms with Crippen molar-refractivity contribution in [2.24, 2.45) is 0 Å². The molecule has 0 amide bonds. The second-order valence-electron chi connectivity index (χ2n) is 3.63. The van der Waals surface area contributed by atoms with Gasteiger partial charge in [-0.15, -0.1) is 0 Å². The number of aromatic nitrogens is 1. The molecule has 19 heavy (non-hydrogen) atoms. The quantitative estimate of drug-likeness (QED) is 0.660. The number of anilines is 2. The van der Waals surface area contributed by atoms with E-state index in [0.717, 1.165) is 6.07 Å². The minimum absolute atomic E-state index is 0.155. The molecule has 0 saturated carbocycles. The van der Waals surface area contributed by atoms with Gasteiger partial charge in [-0.1, -0.05) is 6.07 Å². The number of nitrogens with two attached hydrogens (primary N) is 1. The normalized spacial score (nSPS) is 11.3. The van der Waals surface area contributed by atoms with Gasteiger partial charge in [-0.2, -0.15) is 0 Å². The van der Waals surface area contributed by atoms with Crippen LogP contribution in [0.5, 0.6) is 0 Å². The first-order valence-corrected chi connectivity index (χ1v) is 7.36. The van der Waals surface area contributed by atoms with Crippen molar-refractivity contribution in [3.05, 3.63) is 46.9 Å². The summed E-state index contributed by atoms with van der Waals surface area (Å²) in [6.07, 6.45) is 1.30. The van der Waals surface area contributed by atoms with Gasteiger partial charge in [0.2, 0.25) is 0 Å². The molecule has 2 rings (SSSR count). The summed E-state index contributed by atoms with van der Waals surface area (Å²) in [5.74, 6) is -0.905. The van der Waals surface area contributed by atoms with E-state index in [1.54, 1.807) is 6.07 Å². The van der Waals surface area contributed by atoms with Gasteiger partial charge in [0.25, 0.3) is 10.0 Å². The lowest BCUT2D eigenvalue weighted by molar-refractivity contribution is 0.572. The van der Waals surface area contributed by atoms with Gasteiger partial charge in [-0.3, -0.25) is 4.72 Å². The summed E-state index contributed by atoms with van der Waals surface area (Å²) in [6, 6.07) is 6.74.